The fourth-order valence-electron chi connectivity index (χ4n) is 5.55. The van der Waals surface area contributed by atoms with Gasteiger partial charge in [-0.05, 0) is 87.8 Å². The van der Waals surface area contributed by atoms with Crippen LogP contribution in [0, 0.1) is 5.92 Å². The van der Waals surface area contributed by atoms with Crippen LogP contribution >= 0.6 is 0 Å². The van der Waals surface area contributed by atoms with Crippen LogP contribution < -0.4 is 5.32 Å². The molecule has 0 radical (unpaired) electrons. The highest BCUT2D eigenvalue weighted by molar-refractivity contribution is 5.95. The summed E-state index contributed by atoms with van der Waals surface area (Å²) in [6.45, 7) is 6.64. The minimum atomic E-state index is -0.778. The summed E-state index contributed by atoms with van der Waals surface area (Å²) in [6.07, 6.45) is 8.44. The van der Waals surface area contributed by atoms with E-state index in [2.05, 4.69) is 43.4 Å². The summed E-state index contributed by atoms with van der Waals surface area (Å²) in [5.41, 5.74) is 3.50. The van der Waals surface area contributed by atoms with E-state index in [4.69, 9.17) is 0 Å². The first-order chi connectivity index (χ1) is 17.5. The second kappa shape index (κ2) is 11.0. The van der Waals surface area contributed by atoms with Gasteiger partial charge in [-0.2, -0.15) is 5.10 Å². The second-order valence-corrected chi connectivity index (χ2v) is 10.4. The number of amides is 1. The van der Waals surface area contributed by atoms with Crippen molar-refractivity contribution in [2.75, 3.05) is 38.0 Å². The number of carbonyl (C=O) groups excluding carboxylic acids is 1. The van der Waals surface area contributed by atoms with Crippen molar-refractivity contribution in [3.8, 4) is 11.1 Å². The van der Waals surface area contributed by atoms with E-state index in [1.54, 1.807) is 13.1 Å². The molecule has 192 valence electrons. The molecular weight excluding hydrogens is 455 g/mol. The van der Waals surface area contributed by atoms with Crippen LogP contribution in [0.1, 0.15) is 44.7 Å². The predicted octanol–water partition coefficient (Wildman–Crippen LogP) is 4.63. The number of likely N-dealkylation sites (tertiary alicyclic amines) is 2. The summed E-state index contributed by atoms with van der Waals surface area (Å²) >= 11 is 0. The molecule has 8 heteroatoms. The van der Waals surface area contributed by atoms with E-state index < -0.39 is 6.17 Å². The Hall–Kier alpha value is -2.84. The first kappa shape index (κ1) is 24.8. The predicted molar refractivity (Wildman–Crippen MR) is 141 cm³/mol. The highest BCUT2D eigenvalue weighted by Crippen LogP contribution is 2.29. The maximum atomic E-state index is 13.5. The van der Waals surface area contributed by atoms with Gasteiger partial charge in [-0.3, -0.25) is 19.3 Å². The van der Waals surface area contributed by atoms with Gasteiger partial charge in [-0.1, -0.05) is 18.6 Å². The molecule has 7 nitrogen and oxygen atoms in total. The highest BCUT2D eigenvalue weighted by atomic mass is 19.1. The van der Waals surface area contributed by atoms with Gasteiger partial charge in [0.1, 0.15) is 12.0 Å². The molecule has 2 aliphatic rings. The minimum absolute atomic E-state index is 0.0826. The summed E-state index contributed by atoms with van der Waals surface area (Å²) in [5, 5.41) is 9.57. The van der Waals surface area contributed by atoms with Crippen molar-refractivity contribution in [2.45, 2.75) is 51.7 Å². The molecule has 1 N–H and O–H groups in total. The number of hydrogen-bond donors (Lipinski definition) is 1. The molecule has 5 rings (SSSR count). The number of rotatable bonds is 7. The van der Waals surface area contributed by atoms with Gasteiger partial charge in [0.05, 0.1) is 18.4 Å². The van der Waals surface area contributed by atoms with Crippen molar-refractivity contribution in [3.63, 3.8) is 0 Å². The monoisotopic (exact) mass is 492 g/mol. The van der Waals surface area contributed by atoms with E-state index in [0.717, 1.165) is 67.5 Å². The zero-order valence-corrected chi connectivity index (χ0v) is 21.4. The van der Waals surface area contributed by atoms with Gasteiger partial charge in [0.25, 0.3) is 0 Å². The van der Waals surface area contributed by atoms with Crippen molar-refractivity contribution >= 4 is 22.5 Å². The van der Waals surface area contributed by atoms with Crippen molar-refractivity contribution in [1.82, 2.24) is 24.6 Å². The lowest BCUT2D eigenvalue weighted by Gasteiger charge is -2.31. The zero-order chi connectivity index (χ0) is 25.1. The SMILES string of the molecule is C[C@H](F)C1CCN(CC(=O)Nc2cc3cc(-c4cnn(C)c4CN4CCCCC4)ccc3cn2)CC1. The molecule has 0 saturated carbocycles. The zero-order valence-electron chi connectivity index (χ0n) is 21.4. The fourth-order valence-corrected chi connectivity index (χ4v) is 5.55. The summed E-state index contributed by atoms with van der Waals surface area (Å²) in [4.78, 5) is 21.7. The molecule has 1 atom stereocenters. The van der Waals surface area contributed by atoms with E-state index in [9.17, 15) is 9.18 Å². The maximum absolute atomic E-state index is 13.5. The van der Waals surface area contributed by atoms with Gasteiger partial charge >= 0.3 is 0 Å². The number of aromatic nitrogens is 3. The third kappa shape index (κ3) is 5.76. The minimum Gasteiger partial charge on any atom is -0.310 e. The van der Waals surface area contributed by atoms with Gasteiger partial charge in [-0.25, -0.2) is 9.37 Å². The van der Waals surface area contributed by atoms with Crippen LogP contribution in [0.4, 0.5) is 10.2 Å². The largest absolute Gasteiger partial charge is 0.310 e. The Kier molecular flexibility index (Phi) is 7.62. The molecule has 0 spiro atoms. The molecule has 0 unspecified atom stereocenters. The highest BCUT2D eigenvalue weighted by Gasteiger charge is 2.24. The third-order valence-corrected chi connectivity index (χ3v) is 7.83. The summed E-state index contributed by atoms with van der Waals surface area (Å²) < 4.78 is 15.5. The summed E-state index contributed by atoms with van der Waals surface area (Å²) in [7, 11) is 2.02. The Labute approximate surface area is 212 Å². The van der Waals surface area contributed by atoms with E-state index in [0.29, 0.717) is 12.4 Å². The van der Waals surface area contributed by atoms with Crippen LogP contribution in [-0.2, 0) is 18.4 Å². The van der Waals surface area contributed by atoms with Gasteiger partial charge in [-0.15, -0.1) is 0 Å². The van der Waals surface area contributed by atoms with Crippen LogP contribution in [-0.4, -0.2) is 69.4 Å². The number of piperidine rings is 2. The number of hydrogen-bond acceptors (Lipinski definition) is 5. The number of aryl methyl sites for hydroxylation is 1. The number of halogens is 1. The van der Waals surface area contributed by atoms with Crippen LogP contribution in [0.25, 0.3) is 21.9 Å². The molecule has 2 aliphatic heterocycles. The Morgan fingerprint density at radius 2 is 1.83 bits per heavy atom. The lowest BCUT2D eigenvalue weighted by Crippen LogP contribution is -2.40. The second-order valence-electron chi connectivity index (χ2n) is 10.4. The Morgan fingerprint density at radius 1 is 1.06 bits per heavy atom. The van der Waals surface area contributed by atoms with Crippen molar-refractivity contribution in [2.24, 2.45) is 13.0 Å². The molecule has 3 aromatic rings. The Balaban J connectivity index is 1.28. The number of nitrogens with one attached hydrogen (secondary N) is 1. The van der Waals surface area contributed by atoms with Gasteiger partial charge < -0.3 is 5.32 Å². The number of nitrogens with zero attached hydrogens (tertiary/aromatic N) is 5. The average Bonchev–Trinajstić information content (AvgIpc) is 3.24. The van der Waals surface area contributed by atoms with Gasteiger partial charge in [0.15, 0.2) is 0 Å². The number of benzene rings is 1. The van der Waals surface area contributed by atoms with Crippen molar-refractivity contribution < 1.29 is 9.18 Å². The van der Waals surface area contributed by atoms with Crippen LogP contribution in [0.5, 0.6) is 0 Å². The Bertz CT molecular complexity index is 1190. The van der Waals surface area contributed by atoms with E-state index in [1.165, 1.54) is 25.0 Å². The topological polar surface area (TPSA) is 66.3 Å². The average molecular weight is 493 g/mol. The molecular formula is C28H37FN6O. The molecule has 2 saturated heterocycles. The van der Waals surface area contributed by atoms with E-state index in [1.807, 2.05) is 24.0 Å². The van der Waals surface area contributed by atoms with Gasteiger partial charge in [0.2, 0.25) is 5.91 Å². The number of anilines is 1. The molecule has 0 bridgehead atoms. The van der Waals surface area contributed by atoms with E-state index >= 15 is 0 Å². The number of pyridine rings is 1. The normalized spacial score (nSPS) is 19.0. The summed E-state index contributed by atoms with van der Waals surface area (Å²) in [5.74, 6) is 0.582. The molecule has 1 aromatic carbocycles. The fraction of sp³-hybridized carbons (Fsp3) is 0.536. The number of fused-ring (bicyclic) bond motifs is 1. The maximum Gasteiger partial charge on any atom is 0.239 e. The Morgan fingerprint density at radius 3 is 2.58 bits per heavy atom. The number of carbonyl (C=O) groups is 1. The van der Waals surface area contributed by atoms with Crippen LogP contribution in [0.3, 0.4) is 0 Å². The lowest BCUT2D eigenvalue weighted by molar-refractivity contribution is -0.117. The van der Waals surface area contributed by atoms with Crippen LogP contribution in [0.15, 0.2) is 36.7 Å². The smallest absolute Gasteiger partial charge is 0.239 e. The number of alkyl halides is 1. The third-order valence-electron chi connectivity index (χ3n) is 7.83. The van der Waals surface area contributed by atoms with Crippen LogP contribution in [0.2, 0.25) is 0 Å². The lowest BCUT2D eigenvalue weighted by atomic mass is 9.93. The first-order valence-electron chi connectivity index (χ1n) is 13.3. The summed E-state index contributed by atoms with van der Waals surface area (Å²) in [6, 6.07) is 8.30. The first-order valence-corrected chi connectivity index (χ1v) is 13.3. The molecule has 2 fully saturated rings. The van der Waals surface area contributed by atoms with E-state index in [-0.39, 0.29) is 11.8 Å². The standard InChI is InChI=1S/C28H37FN6O/c1-20(29)21-8-12-35(13-9-21)19-28(36)32-27-15-24-14-22(6-7-23(24)16-30-27)25-17-31-33(2)26(25)18-34-10-4-3-5-11-34/h6-7,14-17,20-21H,3-5,8-13,18-19H2,1-2H3,(H,30,32,36)/t20-/m0/s1. The molecule has 4 heterocycles. The quantitative estimate of drug-likeness (QED) is 0.521. The molecule has 1 amide bonds. The van der Waals surface area contributed by atoms with Crippen molar-refractivity contribution in [1.29, 1.82) is 0 Å². The van der Waals surface area contributed by atoms with Crippen molar-refractivity contribution in [3.05, 3.63) is 42.4 Å². The molecule has 2 aromatic heterocycles. The van der Waals surface area contributed by atoms with Gasteiger partial charge in [0, 0.05) is 30.7 Å². The molecule has 0 aliphatic carbocycles. The molecule has 36 heavy (non-hydrogen) atoms.